The third kappa shape index (κ3) is 7.11. The van der Waals surface area contributed by atoms with Gasteiger partial charge in [-0.25, -0.2) is 4.39 Å². The molecule has 9 nitrogen and oxygen atoms in total. The van der Waals surface area contributed by atoms with Crippen molar-refractivity contribution in [3.63, 3.8) is 0 Å². The van der Waals surface area contributed by atoms with Gasteiger partial charge >= 0.3 is 59.1 Å². The Balaban J connectivity index is 0.00000220. The maximum Gasteiger partial charge on any atom is 1.00 e. The van der Waals surface area contributed by atoms with Gasteiger partial charge in [0.1, 0.15) is 5.82 Å². The molecule has 0 radical (unpaired) electrons. The first-order chi connectivity index (χ1) is 17.8. The summed E-state index contributed by atoms with van der Waals surface area (Å²) in [7, 11) is -5.05. The average Bonchev–Trinajstić information content (AvgIpc) is 3.11. The van der Waals surface area contributed by atoms with Crippen LogP contribution >= 0.6 is 7.82 Å². The molecule has 3 aromatic rings. The minimum absolute atomic E-state index is 0. The fourth-order valence-corrected chi connectivity index (χ4v) is 6.42. The topological polar surface area (TPSA) is 150 Å². The van der Waals surface area contributed by atoms with Crippen LogP contribution in [0.1, 0.15) is 66.8 Å². The van der Waals surface area contributed by atoms with Crippen LogP contribution in [-0.2, 0) is 15.5 Å². The summed E-state index contributed by atoms with van der Waals surface area (Å²) in [5, 5.41) is 4.10. The zero-order valence-corrected chi connectivity index (χ0v) is 28.1. The van der Waals surface area contributed by atoms with E-state index in [2.05, 4.69) is 9.84 Å². The number of hydrogen-bond acceptors (Lipinski definition) is 7. The Morgan fingerprint density at radius 1 is 1.10 bits per heavy atom. The van der Waals surface area contributed by atoms with Crippen LogP contribution < -0.4 is 80.0 Å². The number of hydrogen-bond donors (Lipinski definition) is 2. The largest absolute Gasteiger partial charge is 1.00 e. The zero-order chi connectivity index (χ0) is 27.4. The molecule has 202 valence electrons. The van der Waals surface area contributed by atoms with Crippen molar-refractivity contribution in [3.8, 4) is 11.1 Å². The molecular formula is C27H29FN3Na2O6P. The molecule has 0 spiro atoms. The second-order valence-electron chi connectivity index (χ2n) is 11.0. The van der Waals surface area contributed by atoms with Crippen molar-refractivity contribution in [2.75, 3.05) is 5.32 Å². The number of nitrogens with two attached hydrogens (primary N) is 1. The van der Waals surface area contributed by atoms with E-state index in [0.717, 1.165) is 22.2 Å². The number of nitrogens with one attached hydrogen (secondary N) is 1. The summed E-state index contributed by atoms with van der Waals surface area (Å²) >= 11 is 0. The molecule has 0 saturated heterocycles. The predicted molar refractivity (Wildman–Crippen MR) is 137 cm³/mol. The van der Waals surface area contributed by atoms with Crippen molar-refractivity contribution in [3.05, 3.63) is 53.5 Å². The van der Waals surface area contributed by atoms with Crippen molar-refractivity contribution in [1.82, 2.24) is 4.57 Å². The van der Waals surface area contributed by atoms with Crippen LogP contribution in [0.4, 0.5) is 10.1 Å². The number of carbonyl (C=O) groups is 2. The van der Waals surface area contributed by atoms with E-state index >= 15 is 0 Å². The van der Waals surface area contributed by atoms with Gasteiger partial charge in [-0.2, -0.15) is 0 Å². The number of rotatable bonds is 6. The quantitative estimate of drug-likeness (QED) is 0.244. The van der Waals surface area contributed by atoms with Crippen molar-refractivity contribution in [2.24, 2.45) is 11.1 Å². The molecule has 0 atom stereocenters. The van der Waals surface area contributed by atoms with Crippen LogP contribution in [0.3, 0.4) is 0 Å². The van der Waals surface area contributed by atoms with Gasteiger partial charge in [0.25, 0.3) is 5.91 Å². The summed E-state index contributed by atoms with van der Waals surface area (Å²) in [6.45, 7) is 4.05. The van der Waals surface area contributed by atoms with Crippen LogP contribution in [0.5, 0.6) is 0 Å². The minimum Gasteiger partial charge on any atom is -0.790 e. The zero-order valence-electron chi connectivity index (χ0n) is 23.2. The Morgan fingerprint density at radius 3 is 2.40 bits per heavy atom. The van der Waals surface area contributed by atoms with Crippen molar-refractivity contribution in [1.29, 1.82) is 0 Å². The summed E-state index contributed by atoms with van der Waals surface area (Å²) < 4.78 is 31.4. The Bertz CT molecular complexity index is 1500. The Morgan fingerprint density at radius 2 is 1.77 bits per heavy atom. The molecule has 0 bridgehead atoms. The van der Waals surface area contributed by atoms with E-state index in [9.17, 15) is 28.3 Å². The van der Waals surface area contributed by atoms with E-state index in [1.54, 1.807) is 22.8 Å². The number of phosphoric ester groups is 1. The minimum atomic E-state index is -5.05. The molecule has 0 unspecified atom stereocenters. The number of anilines is 1. The van der Waals surface area contributed by atoms with E-state index in [1.165, 1.54) is 12.1 Å². The number of fused-ring (bicyclic) bond motifs is 3. The number of amides is 1. The van der Waals surface area contributed by atoms with E-state index in [-0.39, 0.29) is 82.0 Å². The second-order valence-corrected chi connectivity index (χ2v) is 12.1. The number of carbonyl (C=O) groups excluding carboxylic acids is 2. The Labute approximate surface area is 276 Å². The predicted octanol–water partition coefficient (Wildman–Crippen LogP) is -2.26. The van der Waals surface area contributed by atoms with Crippen molar-refractivity contribution in [2.45, 2.75) is 64.5 Å². The molecule has 2 aromatic carbocycles. The molecule has 1 saturated carbocycles. The van der Waals surface area contributed by atoms with E-state index < -0.39 is 25.7 Å². The third-order valence-electron chi connectivity index (χ3n) is 7.44. The van der Waals surface area contributed by atoms with E-state index in [4.69, 9.17) is 5.73 Å². The van der Waals surface area contributed by atoms with Gasteiger partial charge in [0, 0.05) is 34.8 Å². The molecule has 1 aromatic heterocycles. The number of nitrogens with zero attached hydrogens (tertiary/aromatic N) is 1. The Hall–Kier alpha value is -1.04. The first-order valence-corrected chi connectivity index (χ1v) is 14.0. The van der Waals surface area contributed by atoms with Gasteiger partial charge in [-0.15, -0.1) is 0 Å². The van der Waals surface area contributed by atoms with Gasteiger partial charge < -0.3 is 29.9 Å². The standard InChI is InChI=1S/C27H31FN3O6P.2Na/c1-27(2)13-23-25(20-10-4-16(28)12-22(20)31(23)24(32)14-27)15-3-9-19(26(29)33)21(11-15)30-17-5-7-18(8-6-17)37-38(34,35)36;;/h3-4,9-12,17-18,30H,5-8,13-14H2,1-2H3,(H2,29,33)(H2,34,35,36);;/q;2*+1/p-2. The Kier molecular flexibility index (Phi) is 10.6. The molecule has 1 aliphatic heterocycles. The second kappa shape index (κ2) is 12.7. The van der Waals surface area contributed by atoms with E-state index in [0.29, 0.717) is 49.7 Å². The number of phosphoric acid groups is 1. The summed E-state index contributed by atoms with van der Waals surface area (Å²) in [4.78, 5) is 47.3. The van der Waals surface area contributed by atoms with E-state index in [1.807, 2.05) is 19.9 Å². The number of aromatic nitrogens is 1. The summed E-state index contributed by atoms with van der Waals surface area (Å²) in [6.07, 6.45) is 2.10. The van der Waals surface area contributed by atoms with Crippen LogP contribution in [0.15, 0.2) is 36.4 Å². The molecule has 40 heavy (non-hydrogen) atoms. The number of benzene rings is 2. The van der Waals surface area contributed by atoms with Crippen LogP contribution in [0.25, 0.3) is 22.0 Å². The van der Waals surface area contributed by atoms with Gasteiger partial charge in [-0.05, 0) is 73.4 Å². The molecule has 3 N–H and O–H groups in total. The SMILES string of the molecule is CC1(C)CC(=O)n2c(c(-c3ccc(C(N)=O)c(NC4CCC(OP(=O)([O-])[O-])CC4)c3)c3ccc(F)cc32)C1.[Na+].[Na+]. The number of halogens is 1. The molecule has 1 amide bonds. The smallest absolute Gasteiger partial charge is 0.790 e. The fourth-order valence-electron chi connectivity index (χ4n) is 5.84. The van der Waals surface area contributed by atoms with Gasteiger partial charge in [0.05, 0.1) is 25.0 Å². The van der Waals surface area contributed by atoms with Crippen LogP contribution in [0, 0.1) is 11.2 Å². The summed E-state index contributed by atoms with van der Waals surface area (Å²) in [6, 6.07) is 9.54. The van der Waals surface area contributed by atoms with Gasteiger partial charge in [0.15, 0.2) is 0 Å². The molecule has 2 heterocycles. The molecule has 2 aliphatic rings. The van der Waals surface area contributed by atoms with Crippen molar-refractivity contribution >= 4 is 36.2 Å². The fraction of sp³-hybridized carbons (Fsp3) is 0.407. The first kappa shape index (κ1) is 33.5. The van der Waals surface area contributed by atoms with Gasteiger partial charge in [-0.3, -0.25) is 14.2 Å². The molecule has 5 rings (SSSR count). The maximum absolute atomic E-state index is 14.2. The summed E-state index contributed by atoms with van der Waals surface area (Å²) in [5.41, 5.74) is 9.04. The first-order valence-electron chi connectivity index (χ1n) is 12.6. The van der Waals surface area contributed by atoms with Gasteiger partial charge in [-0.1, -0.05) is 19.9 Å². The molecular weight excluding hydrogens is 558 g/mol. The van der Waals surface area contributed by atoms with Gasteiger partial charge in [0.2, 0.25) is 5.91 Å². The monoisotopic (exact) mass is 587 g/mol. The molecule has 13 heteroatoms. The maximum atomic E-state index is 14.2. The number of primary amides is 1. The van der Waals surface area contributed by atoms with Crippen LogP contribution in [-0.4, -0.2) is 28.5 Å². The normalized spacial score (nSPS) is 20.3. The van der Waals surface area contributed by atoms with Crippen molar-refractivity contribution < 1.29 is 92.0 Å². The van der Waals surface area contributed by atoms with Crippen LogP contribution in [0.2, 0.25) is 0 Å². The molecule has 1 fully saturated rings. The third-order valence-corrected chi connectivity index (χ3v) is 8.00. The average molecular weight is 587 g/mol. The summed E-state index contributed by atoms with van der Waals surface area (Å²) in [5.74, 6) is -1.14. The molecule has 1 aliphatic carbocycles.